The average Bonchev–Trinajstić information content (AvgIpc) is 3.23. The highest BCUT2D eigenvalue weighted by Crippen LogP contribution is 2.24. The Morgan fingerprint density at radius 2 is 1.70 bits per heavy atom. The molecule has 0 saturated heterocycles. The lowest BCUT2D eigenvalue weighted by atomic mass is 9.94. The summed E-state index contributed by atoms with van der Waals surface area (Å²) in [4.78, 5) is 10.4. The van der Waals surface area contributed by atoms with Crippen LogP contribution in [-0.2, 0) is 6.42 Å². The molecule has 2 atom stereocenters. The van der Waals surface area contributed by atoms with Gasteiger partial charge in [-0.1, -0.05) is 51.5 Å². The zero-order chi connectivity index (χ0) is 21.7. The first-order chi connectivity index (χ1) is 14.4. The van der Waals surface area contributed by atoms with Gasteiger partial charge in [-0.3, -0.25) is 10.1 Å². The number of quaternary nitrogens is 1. The molecule has 7 nitrogen and oxygen atoms in total. The van der Waals surface area contributed by atoms with Crippen LogP contribution in [0.3, 0.4) is 0 Å². The van der Waals surface area contributed by atoms with E-state index < -0.39 is 4.92 Å². The van der Waals surface area contributed by atoms with Crippen molar-refractivity contribution in [2.24, 2.45) is 5.92 Å². The first-order valence-electron chi connectivity index (χ1n) is 10.4. The van der Waals surface area contributed by atoms with Gasteiger partial charge in [0.25, 0.3) is 11.6 Å². The van der Waals surface area contributed by atoms with Crippen molar-refractivity contribution in [3.63, 3.8) is 0 Å². The fourth-order valence-corrected chi connectivity index (χ4v) is 3.57. The van der Waals surface area contributed by atoms with Crippen LogP contribution in [0.15, 0.2) is 52.9 Å². The third-order valence-corrected chi connectivity index (χ3v) is 5.27. The van der Waals surface area contributed by atoms with Crippen molar-refractivity contribution >= 4 is 5.69 Å². The quantitative estimate of drug-likeness (QED) is 0.411. The summed E-state index contributed by atoms with van der Waals surface area (Å²) in [5, 5.41) is 21.4. The minimum Gasteiger partial charge on any atom is -0.415 e. The van der Waals surface area contributed by atoms with Crippen molar-refractivity contribution < 1.29 is 14.7 Å². The largest absolute Gasteiger partial charge is 0.415 e. The van der Waals surface area contributed by atoms with Crippen molar-refractivity contribution in [2.45, 2.75) is 52.6 Å². The molecule has 0 fully saturated rings. The third kappa shape index (κ3) is 5.10. The summed E-state index contributed by atoms with van der Waals surface area (Å²) in [5.74, 6) is 1.34. The number of non-ortho nitro benzene ring substituents is 1. The fraction of sp³-hybridized carbons (Fsp3) is 0.391. The van der Waals surface area contributed by atoms with Gasteiger partial charge in [0.15, 0.2) is 6.04 Å². The molecule has 0 aliphatic carbocycles. The van der Waals surface area contributed by atoms with Gasteiger partial charge in [-0.2, -0.15) is 0 Å². The van der Waals surface area contributed by atoms with Gasteiger partial charge in [-0.05, 0) is 31.0 Å². The van der Waals surface area contributed by atoms with Crippen molar-refractivity contribution in [2.75, 3.05) is 0 Å². The van der Waals surface area contributed by atoms with Gasteiger partial charge in [0.2, 0.25) is 5.89 Å². The maximum absolute atomic E-state index is 10.8. The van der Waals surface area contributed by atoms with Crippen molar-refractivity contribution in [3.05, 3.63) is 75.7 Å². The van der Waals surface area contributed by atoms with Crippen LogP contribution in [0.1, 0.15) is 63.2 Å². The highest BCUT2D eigenvalue weighted by Gasteiger charge is 2.26. The Morgan fingerprint density at radius 1 is 1.03 bits per heavy atom. The summed E-state index contributed by atoms with van der Waals surface area (Å²) in [5.41, 5.74) is 3.34. The molecule has 1 heterocycles. The lowest BCUT2D eigenvalue weighted by Crippen LogP contribution is -2.86. The topological polar surface area (TPSA) is 98.7 Å². The summed E-state index contributed by atoms with van der Waals surface area (Å²) >= 11 is 0. The molecular weight excluding hydrogens is 380 g/mol. The zero-order valence-electron chi connectivity index (χ0n) is 17.9. The number of rotatable bonds is 9. The molecule has 0 unspecified atom stereocenters. The van der Waals surface area contributed by atoms with Gasteiger partial charge in [0, 0.05) is 29.2 Å². The number of hydrogen-bond acceptors (Lipinski definition) is 5. The maximum atomic E-state index is 10.8. The molecule has 7 heteroatoms. The van der Waals surface area contributed by atoms with Crippen LogP contribution in [0.2, 0.25) is 0 Å². The lowest BCUT2D eigenvalue weighted by molar-refractivity contribution is -0.739. The van der Waals surface area contributed by atoms with Crippen LogP contribution in [0.5, 0.6) is 0 Å². The molecule has 3 aromatic rings. The molecule has 0 bridgehead atoms. The van der Waals surface area contributed by atoms with E-state index in [0.29, 0.717) is 23.3 Å². The molecule has 1 aromatic heterocycles. The van der Waals surface area contributed by atoms with E-state index >= 15 is 0 Å². The molecule has 0 aliphatic rings. The Balaban J connectivity index is 1.73. The van der Waals surface area contributed by atoms with E-state index in [1.807, 2.05) is 6.92 Å². The van der Waals surface area contributed by atoms with Crippen molar-refractivity contribution in [3.8, 4) is 11.5 Å². The number of nitro groups is 1. The first kappa shape index (κ1) is 21.6. The van der Waals surface area contributed by atoms with Gasteiger partial charge < -0.3 is 9.73 Å². The molecule has 0 spiro atoms. The van der Waals surface area contributed by atoms with Crippen LogP contribution >= 0.6 is 0 Å². The maximum Gasteiger partial charge on any atom is 0.274 e. The number of nitro benzene ring substituents is 1. The number of nitrogens with two attached hydrogens (primary N) is 1. The van der Waals surface area contributed by atoms with Crippen LogP contribution in [-0.4, -0.2) is 15.1 Å². The fourth-order valence-electron chi connectivity index (χ4n) is 3.57. The third-order valence-electron chi connectivity index (χ3n) is 5.27. The summed E-state index contributed by atoms with van der Waals surface area (Å²) < 4.78 is 5.88. The molecule has 158 valence electrons. The second-order valence-electron chi connectivity index (χ2n) is 7.99. The monoisotopic (exact) mass is 409 g/mol. The smallest absolute Gasteiger partial charge is 0.274 e. The normalized spacial score (nSPS) is 13.4. The molecule has 0 amide bonds. The van der Waals surface area contributed by atoms with Gasteiger partial charge in [-0.25, -0.2) is 0 Å². The number of benzene rings is 2. The van der Waals surface area contributed by atoms with Gasteiger partial charge in [0.1, 0.15) is 6.04 Å². The Kier molecular flexibility index (Phi) is 6.95. The SMILES string of the molecule is CCCc1ccc([C@@H]([NH2+][C@H](C)c2nnc(-c3ccc([N+](=O)[O-])cc3)o2)C(C)C)cc1. The molecular formula is C23H29N4O3+. The van der Waals surface area contributed by atoms with Crippen LogP contribution in [0.4, 0.5) is 5.69 Å². The Labute approximate surface area is 176 Å². The predicted molar refractivity (Wildman–Crippen MR) is 115 cm³/mol. The molecule has 0 saturated carbocycles. The van der Waals surface area contributed by atoms with Crippen LogP contribution < -0.4 is 5.32 Å². The van der Waals surface area contributed by atoms with E-state index in [4.69, 9.17) is 4.42 Å². The van der Waals surface area contributed by atoms with Crippen molar-refractivity contribution in [1.82, 2.24) is 10.2 Å². The summed E-state index contributed by atoms with van der Waals surface area (Å²) in [6.07, 6.45) is 2.24. The number of nitrogens with zero attached hydrogens (tertiary/aromatic N) is 3. The number of hydrogen-bond donors (Lipinski definition) is 1. The molecule has 30 heavy (non-hydrogen) atoms. The zero-order valence-corrected chi connectivity index (χ0v) is 17.9. The summed E-state index contributed by atoms with van der Waals surface area (Å²) in [6.45, 7) is 8.66. The highest BCUT2D eigenvalue weighted by molar-refractivity contribution is 5.55. The average molecular weight is 410 g/mol. The first-order valence-corrected chi connectivity index (χ1v) is 10.4. The minimum absolute atomic E-state index is 0.0213. The number of aromatic nitrogens is 2. The Hall–Kier alpha value is -3.06. The molecule has 0 radical (unpaired) electrons. The van der Waals surface area contributed by atoms with Crippen molar-refractivity contribution in [1.29, 1.82) is 0 Å². The van der Waals surface area contributed by atoms with Gasteiger partial charge >= 0.3 is 0 Å². The standard InChI is InChI=1S/C23H28N4O3/c1-5-6-17-7-9-18(10-8-17)21(15(2)3)24-16(4)22-25-26-23(30-22)19-11-13-20(14-12-19)27(28)29/h7-16,21,24H,5-6H2,1-4H3/p+1/t16-,21+/m1/s1. The molecule has 2 aromatic carbocycles. The molecule has 0 aliphatic heterocycles. The summed E-state index contributed by atoms with van der Waals surface area (Å²) in [7, 11) is 0. The van der Waals surface area contributed by atoms with Gasteiger partial charge in [0.05, 0.1) is 4.92 Å². The summed E-state index contributed by atoms with van der Waals surface area (Å²) in [6, 6.07) is 15.2. The van der Waals surface area contributed by atoms with Crippen LogP contribution in [0, 0.1) is 16.0 Å². The van der Waals surface area contributed by atoms with Gasteiger partial charge in [-0.15, -0.1) is 10.2 Å². The lowest BCUT2D eigenvalue weighted by Gasteiger charge is -2.22. The highest BCUT2D eigenvalue weighted by atomic mass is 16.6. The van der Waals surface area contributed by atoms with E-state index in [1.54, 1.807) is 12.1 Å². The second-order valence-corrected chi connectivity index (χ2v) is 7.99. The Morgan fingerprint density at radius 3 is 2.27 bits per heavy atom. The van der Waals surface area contributed by atoms with Crippen LogP contribution in [0.25, 0.3) is 11.5 Å². The van der Waals surface area contributed by atoms with E-state index in [2.05, 4.69) is 60.6 Å². The predicted octanol–water partition coefficient (Wildman–Crippen LogP) is 4.62. The van der Waals surface area contributed by atoms with E-state index in [1.165, 1.54) is 23.3 Å². The Bertz CT molecular complexity index is 965. The minimum atomic E-state index is -0.430. The van der Waals surface area contributed by atoms with E-state index in [0.717, 1.165) is 12.8 Å². The second kappa shape index (κ2) is 9.63. The molecule has 3 rings (SSSR count). The molecule has 2 N–H and O–H groups in total. The number of aryl methyl sites for hydroxylation is 1. The van der Waals surface area contributed by atoms with E-state index in [-0.39, 0.29) is 17.8 Å². The van der Waals surface area contributed by atoms with E-state index in [9.17, 15) is 10.1 Å².